The smallest absolute Gasteiger partial charge is 0.232 e. The topological polar surface area (TPSA) is 83.8 Å². The normalized spacial score (nSPS) is 15.0. The van der Waals surface area contributed by atoms with Crippen molar-refractivity contribution < 1.29 is 44.8 Å². The van der Waals surface area contributed by atoms with Gasteiger partial charge in [0.2, 0.25) is 0 Å². The molecule has 0 aliphatic heterocycles. The summed E-state index contributed by atoms with van der Waals surface area (Å²) in [5, 5.41) is 5.73. The second kappa shape index (κ2) is 37.3. The molecule has 658 valence electrons. The third-order valence-corrected chi connectivity index (χ3v) is 29.9. The Kier molecular flexibility index (Phi) is 26.2. The fraction of sp³-hybridized carbons (Fsp3) is 0.381. The van der Waals surface area contributed by atoms with Crippen LogP contribution >= 0.6 is 0 Å². The molecule has 0 radical (unpaired) electrons. The minimum Gasteiger partial charge on any atom is -0.232 e. The quantitative estimate of drug-likeness (QED) is 0.101. The van der Waals surface area contributed by atoms with E-state index in [1.807, 2.05) is 206 Å². The van der Waals surface area contributed by atoms with Crippen LogP contribution in [0.4, 0.5) is 22.0 Å². The van der Waals surface area contributed by atoms with Gasteiger partial charge in [0.15, 0.2) is 27.6 Å². The number of halogens is 5. The molecule has 5 fully saturated rings. The molecule has 5 aromatic heterocycles. The first-order valence-electron chi connectivity index (χ1n) is 46.6. The highest BCUT2D eigenvalue weighted by Gasteiger charge is 2.33. The van der Waals surface area contributed by atoms with Crippen LogP contribution < -0.4 is 22.8 Å². The lowest BCUT2D eigenvalue weighted by atomic mass is 9.79. The number of nitrogens with zero attached hydrogens (tertiary/aromatic N) is 10. The Balaban J connectivity index is 0.000000117. The highest BCUT2D eigenvalue weighted by Crippen LogP contribution is 2.46. The number of benzene rings is 10. The summed E-state index contributed by atoms with van der Waals surface area (Å²) in [4.78, 5) is 23.5. The third kappa shape index (κ3) is 17.1. The summed E-state index contributed by atoms with van der Waals surface area (Å²) in [6.07, 6.45) is 32.7. The molecule has 0 saturated heterocycles. The standard InChI is InChI=1S/3C23H26FN2.2C22H24FN2/c1-14-12-20(15(2)16(3)21(14)24)23-19-11-7-10-18(17-8-5-6-9-17)22(19)25-13-26(23)4;1-14-11-19(15(2)16(3)22(14)24)23-20-12-18(17-7-5-6-8-17)9-10-21(20)25-13-26(23)4;1-14-11-20(15(2)16(3)22(14)24)23-19-10-9-18(17-7-5-6-8-17)12-21(19)25-13-26(23)4;1-13-11-19(14(2)15(3)20(13)23)22-18-10-6-9-17(16-7-5-8-16)21(18)24-12-25(22)4;1-13-10-19(14(2)15(3)21(13)23)22-18-9-8-17(16-6-5-7-16)11-20(18)24-12-25(22)4/h7,10-13,17H,5-6,8-9H2,1-4H3;2*9-13,17H,5-8H2,1-4H3;6,9-12,16H,5,7-8H2,1-4H3;8-12,16H,5-7H2,1-4H3/q5*+1. The van der Waals surface area contributed by atoms with Crippen molar-refractivity contribution in [2.75, 3.05) is 0 Å². The molecule has 0 N–H and O–H groups in total. The zero-order valence-electron chi connectivity index (χ0n) is 78.9. The fourth-order valence-corrected chi connectivity index (χ4v) is 21.1. The minimum atomic E-state index is -0.102. The predicted molar refractivity (Wildman–Crippen MR) is 509 cm³/mol. The summed E-state index contributed by atoms with van der Waals surface area (Å²) >= 11 is 0. The molecule has 5 aliphatic carbocycles. The predicted octanol–water partition coefficient (Wildman–Crippen LogP) is 26.5. The van der Waals surface area contributed by atoms with Crippen molar-refractivity contribution in [1.82, 2.24) is 24.9 Å². The first-order chi connectivity index (χ1) is 61.4. The molecule has 128 heavy (non-hydrogen) atoms. The average molecular weight is 1720 g/mol. The van der Waals surface area contributed by atoms with E-state index in [1.54, 1.807) is 0 Å². The summed E-state index contributed by atoms with van der Waals surface area (Å²) in [6, 6.07) is 43.0. The van der Waals surface area contributed by atoms with E-state index in [-0.39, 0.29) is 29.1 Å². The van der Waals surface area contributed by atoms with Gasteiger partial charge in [-0.15, -0.1) is 0 Å². The van der Waals surface area contributed by atoms with Crippen LogP contribution in [0.2, 0.25) is 0 Å². The zero-order chi connectivity index (χ0) is 90.7. The van der Waals surface area contributed by atoms with E-state index in [9.17, 15) is 22.0 Å². The first-order valence-corrected chi connectivity index (χ1v) is 46.6. The molecule has 0 bridgehead atoms. The van der Waals surface area contributed by atoms with E-state index >= 15 is 0 Å². The summed E-state index contributed by atoms with van der Waals surface area (Å²) < 4.78 is 81.9. The maximum atomic E-state index is 14.4. The van der Waals surface area contributed by atoms with Crippen LogP contribution in [0.3, 0.4) is 0 Å². The number of rotatable bonds is 10. The van der Waals surface area contributed by atoms with Gasteiger partial charge in [0.1, 0.15) is 57.6 Å². The maximum absolute atomic E-state index is 14.4. The summed E-state index contributed by atoms with van der Waals surface area (Å²) in [7, 11) is 10.1. The van der Waals surface area contributed by atoms with Gasteiger partial charge in [-0.1, -0.05) is 93.8 Å². The summed E-state index contributed by atoms with van der Waals surface area (Å²) in [6.45, 7) is 28.6. The van der Waals surface area contributed by atoms with Gasteiger partial charge in [0.25, 0.3) is 31.6 Å². The fourth-order valence-electron chi connectivity index (χ4n) is 21.1. The van der Waals surface area contributed by atoms with Crippen LogP contribution in [0.15, 0.2) is 153 Å². The van der Waals surface area contributed by atoms with E-state index in [0.717, 1.165) is 166 Å². The van der Waals surface area contributed by atoms with Gasteiger partial charge in [0.05, 0.1) is 62.2 Å². The molecule has 0 amide bonds. The van der Waals surface area contributed by atoms with Crippen LogP contribution in [0.1, 0.15) is 256 Å². The Morgan fingerprint density at radius 2 is 0.484 bits per heavy atom. The van der Waals surface area contributed by atoms with Crippen LogP contribution in [0.5, 0.6) is 0 Å². The molecule has 20 rings (SSSR count). The number of aryl methyl sites for hydroxylation is 10. The van der Waals surface area contributed by atoms with Crippen LogP contribution in [-0.4, -0.2) is 24.9 Å². The van der Waals surface area contributed by atoms with E-state index in [1.165, 1.54) is 143 Å². The highest BCUT2D eigenvalue weighted by atomic mass is 19.1. The van der Waals surface area contributed by atoms with Crippen molar-refractivity contribution in [3.05, 3.63) is 293 Å². The molecule has 0 spiro atoms. The molecule has 5 saturated carbocycles. The number of hydrogen-bond acceptors (Lipinski definition) is 5. The van der Waals surface area contributed by atoms with E-state index in [0.29, 0.717) is 57.4 Å². The van der Waals surface area contributed by atoms with Gasteiger partial charge < -0.3 is 0 Å². The van der Waals surface area contributed by atoms with Crippen molar-refractivity contribution in [2.24, 2.45) is 35.2 Å². The molecular weight excluding hydrogens is 1590 g/mol. The number of para-hydroxylation sites is 2. The molecule has 5 heterocycles. The second-order valence-electron chi connectivity index (χ2n) is 38.1. The Morgan fingerprint density at radius 1 is 0.234 bits per heavy atom. The molecule has 15 aromatic rings. The van der Waals surface area contributed by atoms with Gasteiger partial charge in [-0.05, 0) is 402 Å². The largest absolute Gasteiger partial charge is 0.287 e. The molecule has 15 heteroatoms. The molecule has 0 atom stereocenters. The van der Waals surface area contributed by atoms with E-state index in [4.69, 9.17) is 9.97 Å². The van der Waals surface area contributed by atoms with Crippen LogP contribution in [-0.2, 0) is 35.2 Å². The molecule has 10 aromatic carbocycles. The number of hydrogen-bond donors (Lipinski definition) is 0. The van der Waals surface area contributed by atoms with E-state index < -0.39 is 0 Å². The lowest BCUT2D eigenvalue weighted by Crippen LogP contribution is -2.32. The van der Waals surface area contributed by atoms with Crippen molar-refractivity contribution >= 4 is 54.5 Å². The number of fused-ring (bicyclic) bond motifs is 5. The summed E-state index contributed by atoms with van der Waals surface area (Å²) in [5.41, 5.74) is 35.4. The van der Waals surface area contributed by atoms with Crippen molar-refractivity contribution in [2.45, 2.75) is 249 Å². The van der Waals surface area contributed by atoms with Crippen LogP contribution in [0.25, 0.3) is 111 Å². The SMILES string of the molecule is Cc1cc(-c2c3cc(C4CCCC4)ccc3nc[n+]2C)c(C)c(C)c1F.Cc1cc(-c2c3ccc(C4CCC4)cc3nc[n+]2C)c(C)c(C)c1F.Cc1cc(-c2c3ccc(C4CCCC4)cc3nc[n+]2C)c(C)c(C)c1F.Cc1cc(-c2c3cccc(C4CCC4)c3nc[n+]2C)c(C)c(C)c1F.Cc1cc(-c2c3cccc(C4CCCC4)c3nc[n+]2C)c(C)c(C)c1F. The third-order valence-electron chi connectivity index (χ3n) is 29.9. The van der Waals surface area contributed by atoms with Gasteiger partial charge >= 0.3 is 0 Å². The molecule has 10 nitrogen and oxygen atoms in total. The Labute approximate surface area is 753 Å². The molecule has 0 unspecified atom stereocenters. The van der Waals surface area contributed by atoms with E-state index in [2.05, 4.69) is 124 Å². The monoisotopic (exact) mass is 1720 g/mol. The molecular formula is C113H126F5N10+5. The second-order valence-corrected chi connectivity index (χ2v) is 38.1. The van der Waals surface area contributed by atoms with Crippen molar-refractivity contribution in [1.29, 1.82) is 0 Å². The average Bonchev–Trinajstić information content (AvgIpc) is 1.30. The Morgan fingerprint density at radius 3 is 0.781 bits per heavy atom. The summed E-state index contributed by atoms with van der Waals surface area (Å²) in [5.74, 6) is 2.78. The Bertz CT molecular complexity index is 6800. The van der Waals surface area contributed by atoms with Crippen molar-refractivity contribution in [3.63, 3.8) is 0 Å². The maximum Gasteiger partial charge on any atom is 0.287 e. The van der Waals surface area contributed by atoms with Gasteiger partial charge in [0, 0.05) is 38.9 Å². The van der Waals surface area contributed by atoms with Gasteiger partial charge in [-0.25, -0.2) is 44.8 Å². The Hall–Kier alpha value is -11.5. The van der Waals surface area contributed by atoms with Gasteiger partial charge in [-0.2, -0.15) is 0 Å². The van der Waals surface area contributed by atoms with Crippen molar-refractivity contribution in [3.8, 4) is 56.3 Å². The highest BCUT2D eigenvalue weighted by molar-refractivity contribution is 5.97. The molecule has 5 aliphatic rings. The zero-order valence-corrected chi connectivity index (χ0v) is 78.9. The minimum absolute atomic E-state index is 0.0982. The lowest BCUT2D eigenvalue weighted by molar-refractivity contribution is -0.662. The first kappa shape index (κ1) is 89.9. The lowest BCUT2D eigenvalue weighted by Gasteiger charge is -2.25. The van der Waals surface area contributed by atoms with Crippen LogP contribution in [0, 0.1) is 133 Å². The van der Waals surface area contributed by atoms with Gasteiger partial charge in [-0.3, -0.25) is 0 Å². The number of aromatic nitrogens is 10.